The summed E-state index contributed by atoms with van der Waals surface area (Å²) in [7, 11) is 0. The van der Waals surface area contributed by atoms with Crippen LogP contribution >= 0.6 is 0 Å². The van der Waals surface area contributed by atoms with Crippen LogP contribution in [0, 0.1) is 13.8 Å². The molecule has 1 N–H and O–H groups in total. The molecule has 1 heterocycles. The number of rotatable bonds is 3. The van der Waals surface area contributed by atoms with Gasteiger partial charge in [0.25, 0.3) is 0 Å². The summed E-state index contributed by atoms with van der Waals surface area (Å²) < 4.78 is 5.76. The number of hydrogen-bond acceptors (Lipinski definition) is 2. The molecule has 0 radical (unpaired) electrons. The molecule has 114 valence electrons. The van der Waals surface area contributed by atoms with Gasteiger partial charge in [0.2, 0.25) is 5.91 Å². The minimum atomic E-state index is 0.0470. The second-order valence-corrected chi connectivity index (χ2v) is 5.80. The number of ether oxygens (including phenoxy) is 1. The van der Waals surface area contributed by atoms with Crippen LogP contribution in [0.1, 0.15) is 41.5 Å². The molecule has 0 saturated carbocycles. The van der Waals surface area contributed by atoms with Crippen LogP contribution in [-0.4, -0.2) is 12.5 Å². The van der Waals surface area contributed by atoms with Gasteiger partial charge >= 0.3 is 0 Å². The molecule has 1 atom stereocenters. The van der Waals surface area contributed by atoms with Crippen molar-refractivity contribution in [3.05, 3.63) is 58.7 Å². The van der Waals surface area contributed by atoms with Gasteiger partial charge < -0.3 is 10.1 Å². The molecule has 2 aromatic carbocycles. The standard InChI is InChI=1S/C19H21NO2/c1-4-22-18-8-6-5-7-14(18)15-11-19(21)20-17-10-13(3)12(2)9-16(15)17/h5-10,15H,4,11H2,1-3H3,(H,20,21)/t15-/m0/s1. The number of hydrogen-bond donors (Lipinski definition) is 1. The summed E-state index contributed by atoms with van der Waals surface area (Å²) >= 11 is 0. The van der Waals surface area contributed by atoms with Crippen molar-refractivity contribution in [3.63, 3.8) is 0 Å². The van der Waals surface area contributed by atoms with Crippen molar-refractivity contribution in [1.82, 2.24) is 0 Å². The molecule has 1 aliphatic rings. The van der Waals surface area contributed by atoms with E-state index in [2.05, 4.69) is 37.4 Å². The molecule has 0 fully saturated rings. The lowest BCUT2D eigenvalue weighted by atomic mass is 9.83. The minimum Gasteiger partial charge on any atom is -0.494 e. The summed E-state index contributed by atoms with van der Waals surface area (Å²) in [4.78, 5) is 12.1. The summed E-state index contributed by atoms with van der Waals surface area (Å²) in [6.45, 7) is 6.78. The monoisotopic (exact) mass is 295 g/mol. The number of fused-ring (bicyclic) bond motifs is 1. The first kappa shape index (κ1) is 14.6. The number of anilines is 1. The third-order valence-electron chi connectivity index (χ3n) is 4.30. The second kappa shape index (κ2) is 5.84. The highest BCUT2D eigenvalue weighted by Crippen LogP contribution is 2.41. The van der Waals surface area contributed by atoms with Crippen molar-refractivity contribution in [2.24, 2.45) is 0 Å². The zero-order valence-electron chi connectivity index (χ0n) is 13.3. The molecule has 0 bridgehead atoms. The first-order chi connectivity index (χ1) is 10.6. The Bertz CT molecular complexity index is 721. The Hall–Kier alpha value is -2.29. The lowest BCUT2D eigenvalue weighted by Gasteiger charge is -2.28. The SMILES string of the molecule is CCOc1ccccc1[C@@H]1CC(=O)Nc2cc(C)c(C)cc21. The van der Waals surface area contributed by atoms with Gasteiger partial charge in [-0.1, -0.05) is 24.3 Å². The van der Waals surface area contributed by atoms with Crippen LogP contribution < -0.4 is 10.1 Å². The van der Waals surface area contributed by atoms with Gasteiger partial charge in [-0.25, -0.2) is 0 Å². The third-order valence-corrected chi connectivity index (χ3v) is 4.30. The molecular formula is C19H21NO2. The lowest BCUT2D eigenvalue weighted by Crippen LogP contribution is -2.24. The summed E-state index contributed by atoms with van der Waals surface area (Å²) in [5.41, 5.74) is 5.63. The van der Waals surface area contributed by atoms with E-state index in [9.17, 15) is 4.79 Å². The molecule has 1 aliphatic heterocycles. The molecule has 1 amide bonds. The van der Waals surface area contributed by atoms with Crippen LogP contribution in [0.3, 0.4) is 0 Å². The van der Waals surface area contributed by atoms with Crippen molar-refractivity contribution < 1.29 is 9.53 Å². The quantitative estimate of drug-likeness (QED) is 0.922. The van der Waals surface area contributed by atoms with Crippen LogP contribution in [0.2, 0.25) is 0 Å². The lowest BCUT2D eigenvalue weighted by molar-refractivity contribution is -0.116. The molecule has 0 saturated heterocycles. The van der Waals surface area contributed by atoms with E-state index < -0.39 is 0 Å². The largest absolute Gasteiger partial charge is 0.494 e. The van der Waals surface area contributed by atoms with Crippen LogP contribution in [-0.2, 0) is 4.79 Å². The molecule has 0 aliphatic carbocycles. The maximum absolute atomic E-state index is 12.1. The third kappa shape index (κ3) is 2.59. The van der Waals surface area contributed by atoms with Gasteiger partial charge in [-0.05, 0) is 49.6 Å². The Labute approximate surface area is 131 Å². The fraction of sp³-hybridized carbons (Fsp3) is 0.316. The predicted octanol–water partition coefficient (Wildman–Crippen LogP) is 4.18. The van der Waals surface area contributed by atoms with E-state index in [0.717, 1.165) is 17.0 Å². The number of carbonyl (C=O) groups is 1. The number of amides is 1. The van der Waals surface area contributed by atoms with Crippen LogP contribution in [0.4, 0.5) is 5.69 Å². The molecule has 0 aromatic heterocycles. The number of aryl methyl sites for hydroxylation is 2. The minimum absolute atomic E-state index is 0.0470. The van der Waals surface area contributed by atoms with Gasteiger partial charge in [-0.3, -0.25) is 4.79 Å². The molecular weight excluding hydrogens is 274 g/mol. The first-order valence-corrected chi connectivity index (χ1v) is 7.73. The van der Waals surface area contributed by atoms with Gasteiger partial charge in [0, 0.05) is 23.6 Å². The highest BCUT2D eigenvalue weighted by atomic mass is 16.5. The number of carbonyl (C=O) groups excluding carboxylic acids is 1. The van der Waals surface area contributed by atoms with Gasteiger partial charge in [0.15, 0.2) is 0 Å². The normalized spacial score (nSPS) is 16.9. The Morgan fingerprint density at radius 3 is 2.64 bits per heavy atom. The van der Waals surface area contributed by atoms with Crippen molar-refractivity contribution in [1.29, 1.82) is 0 Å². The van der Waals surface area contributed by atoms with Crippen molar-refractivity contribution >= 4 is 11.6 Å². The van der Waals surface area contributed by atoms with Gasteiger partial charge in [-0.2, -0.15) is 0 Å². The van der Waals surface area contributed by atoms with Crippen LogP contribution in [0.5, 0.6) is 5.75 Å². The summed E-state index contributed by atoms with van der Waals surface area (Å²) in [6.07, 6.45) is 0.458. The van der Waals surface area contributed by atoms with E-state index in [1.54, 1.807) is 0 Å². The highest BCUT2D eigenvalue weighted by molar-refractivity contribution is 5.95. The Morgan fingerprint density at radius 2 is 1.86 bits per heavy atom. The topological polar surface area (TPSA) is 38.3 Å². The van der Waals surface area contributed by atoms with Crippen LogP contribution in [0.25, 0.3) is 0 Å². The smallest absolute Gasteiger partial charge is 0.225 e. The average molecular weight is 295 g/mol. The van der Waals surface area contributed by atoms with E-state index in [4.69, 9.17) is 4.74 Å². The van der Waals surface area contributed by atoms with Gasteiger partial charge in [0.1, 0.15) is 5.75 Å². The maximum Gasteiger partial charge on any atom is 0.225 e. The van der Waals surface area contributed by atoms with Gasteiger partial charge in [0.05, 0.1) is 6.61 Å². The molecule has 3 rings (SSSR count). The summed E-state index contributed by atoms with van der Waals surface area (Å²) in [6, 6.07) is 12.3. The van der Waals surface area contributed by atoms with Crippen LogP contribution in [0.15, 0.2) is 36.4 Å². The Balaban J connectivity index is 2.13. The number of para-hydroxylation sites is 1. The molecule has 0 spiro atoms. The molecule has 2 aromatic rings. The summed E-state index contributed by atoms with van der Waals surface area (Å²) in [5.74, 6) is 0.978. The molecule has 3 nitrogen and oxygen atoms in total. The van der Waals surface area contributed by atoms with E-state index in [1.807, 2.05) is 25.1 Å². The number of nitrogens with one attached hydrogen (secondary N) is 1. The molecule has 22 heavy (non-hydrogen) atoms. The maximum atomic E-state index is 12.1. The Morgan fingerprint density at radius 1 is 1.14 bits per heavy atom. The van der Waals surface area contributed by atoms with E-state index in [-0.39, 0.29) is 11.8 Å². The highest BCUT2D eigenvalue weighted by Gasteiger charge is 2.28. The summed E-state index contributed by atoms with van der Waals surface area (Å²) in [5, 5.41) is 3.00. The van der Waals surface area contributed by atoms with E-state index in [1.165, 1.54) is 16.7 Å². The zero-order chi connectivity index (χ0) is 15.7. The van der Waals surface area contributed by atoms with Crippen molar-refractivity contribution in [2.75, 3.05) is 11.9 Å². The van der Waals surface area contributed by atoms with E-state index >= 15 is 0 Å². The second-order valence-electron chi connectivity index (χ2n) is 5.80. The van der Waals surface area contributed by atoms with Gasteiger partial charge in [-0.15, -0.1) is 0 Å². The zero-order valence-corrected chi connectivity index (χ0v) is 13.3. The van der Waals surface area contributed by atoms with E-state index in [0.29, 0.717) is 13.0 Å². The fourth-order valence-corrected chi connectivity index (χ4v) is 3.06. The fourth-order valence-electron chi connectivity index (χ4n) is 3.06. The molecule has 3 heteroatoms. The average Bonchev–Trinajstić information content (AvgIpc) is 2.49. The Kier molecular flexibility index (Phi) is 3.88. The van der Waals surface area contributed by atoms with Crippen molar-refractivity contribution in [3.8, 4) is 5.75 Å². The first-order valence-electron chi connectivity index (χ1n) is 7.73. The predicted molar refractivity (Wildman–Crippen MR) is 88.6 cm³/mol. The van der Waals surface area contributed by atoms with Crippen molar-refractivity contribution in [2.45, 2.75) is 33.1 Å². The molecule has 0 unspecified atom stereocenters. The number of benzene rings is 2.